The average Bonchev–Trinajstić information content (AvgIpc) is 2.75. The SMILES string of the molecule is CN1CCC(c2nnc3c(O)cccn23)CC1. The molecule has 5 nitrogen and oxygen atoms in total. The number of hydrogen-bond acceptors (Lipinski definition) is 4. The zero-order valence-corrected chi connectivity index (χ0v) is 9.87. The van der Waals surface area contributed by atoms with Crippen LogP contribution in [0, 0.1) is 0 Å². The fraction of sp³-hybridized carbons (Fsp3) is 0.500. The molecule has 0 saturated carbocycles. The number of aromatic hydroxyl groups is 1. The fourth-order valence-electron chi connectivity index (χ4n) is 2.46. The number of rotatable bonds is 1. The zero-order chi connectivity index (χ0) is 11.8. The van der Waals surface area contributed by atoms with Gasteiger partial charge in [-0.3, -0.25) is 4.40 Å². The number of aromatic nitrogens is 3. The van der Waals surface area contributed by atoms with Crippen LogP contribution < -0.4 is 0 Å². The predicted molar refractivity (Wildman–Crippen MR) is 64.1 cm³/mol. The molecule has 1 aliphatic rings. The monoisotopic (exact) mass is 232 g/mol. The molecule has 0 aromatic carbocycles. The van der Waals surface area contributed by atoms with Crippen molar-refractivity contribution in [3.8, 4) is 5.75 Å². The molecule has 1 saturated heterocycles. The maximum absolute atomic E-state index is 9.69. The van der Waals surface area contributed by atoms with Gasteiger partial charge < -0.3 is 10.0 Å². The second kappa shape index (κ2) is 4.00. The van der Waals surface area contributed by atoms with Gasteiger partial charge in [-0.2, -0.15) is 0 Å². The predicted octanol–water partition coefficient (Wildman–Crippen LogP) is 1.24. The van der Waals surface area contributed by atoms with Gasteiger partial charge in [0.25, 0.3) is 0 Å². The number of fused-ring (bicyclic) bond motifs is 1. The summed E-state index contributed by atoms with van der Waals surface area (Å²) in [4.78, 5) is 2.33. The van der Waals surface area contributed by atoms with Gasteiger partial charge in [0.05, 0.1) is 0 Å². The van der Waals surface area contributed by atoms with Crippen LogP contribution in [0.3, 0.4) is 0 Å². The zero-order valence-electron chi connectivity index (χ0n) is 9.87. The molecule has 0 radical (unpaired) electrons. The van der Waals surface area contributed by atoms with Crippen LogP contribution in [-0.2, 0) is 0 Å². The molecular weight excluding hydrogens is 216 g/mol. The second-order valence-electron chi connectivity index (χ2n) is 4.72. The highest BCUT2D eigenvalue weighted by molar-refractivity contribution is 5.52. The van der Waals surface area contributed by atoms with Gasteiger partial charge in [0.2, 0.25) is 5.65 Å². The molecule has 1 fully saturated rings. The number of likely N-dealkylation sites (tertiary alicyclic amines) is 1. The molecule has 2 aromatic heterocycles. The Hall–Kier alpha value is -1.62. The molecule has 0 spiro atoms. The molecule has 3 rings (SSSR count). The van der Waals surface area contributed by atoms with Gasteiger partial charge in [0.15, 0.2) is 5.75 Å². The van der Waals surface area contributed by atoms with Crippen LogP contribution in [0.2, 0.25) is 0 Å². The van der Waals surface area contributed by atoms with E-state index in [0.29, 0.717) is 11.6 Å². The van der Waals surface area contributed by atoms with Crippen LogP contribution in [0.25, 0.3) is 5.65 Å². The topological polar surface area (TPSA) is 53.7 Å². The Labute approximate surface area is 99.7 Å². The Balaban J connectivity index is 1.98. The van der Waals surface area contributed by atoms with Crippen molar-refractivity contribution in [1.29, 1.82) is 0 Å². The summed E-state index contributed by atoms with van der Waals surface area (Å²) in [5.41, 5.74) is 0.557. The van der Waals surface area contributed by atoms with Crippen molar-refractivity contribution in [2.45, 2.75) is 18.8 Å². The Morgan fingerprint density at radius 2 is 2.06 bits per heavy atom. The van der Waals surface area contributed by atoms with Crippen molar-refractivity contribution in [2.24, 2.45) is 0 Å². The van der Waals surface area contributed by atoms with Crippen LogP contribution in [0.5, 0.6) is 5.75 Å². The van der Waals surface area contributed by atoms with E-state index >= 15 is 0 Å². The van der Waals surface area contributed by atoms with Gasteiger partial charge in [0.1, 0.15) is 5.82 Å². The summed E-state index contributed by atoms with van der Waals surface area (Å²) in [6.45, 7) is 2.19. The molecule has 90 valence electrons. The Morgan fingerprint density at radius 3 is 2.82 bits per heavy atom. The van der Waals surface area contributed by atoms with Crippen LogP contribution in [-0.4, -0.2) is 44.7 Å². The first kappa shape index (κ1) is 10.5. The largest absolute Gasteiger partial charge is 0.504 e. The summed E-state index contributed by atoms with van der Waals surface area (Å²) in [6, 6.07) is 3.46. The fourth-order valence-corrected chi connectivity index (χ4v) is 2.46. The van der Waals surface area contributed by atoms with E-state index < -0.39 is 0 Å². The minimum Gasteiger partial charge on any atom is -0.504 e. The normalized spacial score (nSPS) is 18.9. The van der Waals surface area contributed by atoms with Crippen molar-refractivity contribution in [3.63, 3.8) is 0 Å². The number of piperidine rings is 1. The molecule has 1 N–H and O–H groups in total. The summed E-state index contributed by atoms with van der Waals surface area (Å²) >= 11 is 0. The van der Waals surface area contributed by atoms with Gasteiger partial charge in [0, 0.05) is 12.1 Å². The number of hydrogen-bond donors (Lipinski definition) is 1. The maximum Gasteiger partial charge on any atom is 0.203 e. The van der Waals surface area contributed by atoms with E-state index in [-0.39, 0.29) is 5.75 Å². The lowest BCUT2D eigenvalue weighted by Gasteiger charge is -2.27. The average molecular weight is 232 g/mol. The minimum atomic E-state index is 0.194. The van der Waals surface area contributed by atoms with Crippen molar-refractivity contribution >= 4 is 5.65 Å². The lowest BCUT2D eigenvalue weighted by atomic mass is 9.96. The van der Waals surface area contributed by atoms with Crippen molar-refractivity contribution in [1.82, 2.24) is 19.5 Å². The van der Waals surface area contributed by atoms with Crippen molar-refractivity contribution < 1.29 is 5.11 Å². The van der Waals surface area contributed by atoms with E-state index in [9.17, 15) is 5.11 Å². The molecule has 5 heteroatoms. The first-order valence-corrected chi connectivity index (χ1v) is 5.97. The first-order chi connectivity index (χ1) is 8.25. The van der Waals surface area contributed by atoms with E-state index in [2.05, 4.69) is 22.1 Å². The molecule has 0 atom stereocenters. The van der Waals surface area contributed by atoms with Gasteiger partial charge in [-0.05, 0) is 45.1 Å². The molecule has 1 aliphatic heterocycles. The summed E-state index contributed by atoms with van der Waals surface area (Å²) in [5, 5.41) is 18.0. The molecule has 0 bridgehead atoms. The van der Waals surface area contributed by atoms with E-state index in [4.69, 9.17) is 0 Å². The molecule has 0 amide bonds. The van der Waals surface area contributed by atoms with Crippen molar-refractivity contribution in [3.05, 3.63) is 24.2 Å². The van der Waals surface area contributed by atoms with E-state index in [1.165, 1.54) is 0 Å². The van der Waals surface area contributed by atoms with Gasteiger partial charge in [-0.15, -0.1) is 10.2 Å². The molecular formula is C12H16N4O. The number of pyridine rings is 1. The summed E-state index contributed by atoms with van der Waals surface area (Å²) in [7, 11) is 2.14. The summed E-state index contributed by atoms with van der Waals surface area (Å²) in [5.74, 6) is 1.62. The smallest absolute Gasteiger partial charge is 0.203 e. The van der Waals surface area contributed by atoms with E-state index in [1.807, 2.05) is 16.7 Å². The Bertz CT molecular complexity index is 528. The second-order valence-corrected chi connectivity index (χ2v) is 4.72. The number of nitrogens with zero attached hydrogens (tertiary/aromatic N) is 4. The van der Waals surface area contributed by atoms with Crippen LogP contribution in [0.4, 0.5) is 0 Å². The molecule has 0 aliphatic carbocycles. The van der Waals surface area contributed by atoms with E-state index in [0.717, 1.165) is 31.8 Å². The third kappa shape index (κ3) is 1.76. The van der Waals surface area contributed by atoms with Crippen molar-refractivity contribution in [2.75, 3.05) is 20.1 Å². The highest BCUT2D eigenvalue weighted by Crippen LogP contribution is 2.28. The van der Waals surface area contributed by atoms with Crippen LogP contribution in [0.1, 0.15) is 24.6 Å². The Kier molecular flexibility index (Phi) is 2.48. The lowest BCUT2D eigenvalue weighted by molar-refractivity contribution is 0.250. The third-order valence-corrected chi connectivity index (χ3v) is 3.52. The Morgan fingerprint density at radius 1 is 1.29 bits per heavy atom. The third-order valence-electron chi connectivity index (χ3n) is 3.52. The molecule has 3 heterocycles. The van der Waals surface area contributed by atoms with Gasteiger partial charge in [-0.25, -0.2) is 0 Å². The van der Waals surface area contributed by atoms with Crippen LogP contribution in [0.15, 0.2) is 18.3 Å². The first-order valence-electron chi connectivity index (χ1n) is 5.97. The quantitative estimate of drug-likeness (QED) is 0.804. The maximum atomic E-state index is 9.69. The van der Waals surface area contributed by atoms with Gasteiger partial charge in [-0.1, -0.05) is 0 Å². The van der Waals surface area contributed by atoms with Gasteiger partial charge >= 0.3 is 0 Å². The summed E-state index contributed by atoms with van der Waals surface area (Å²) in [6.07, 6.45) is 4.13. The molecule has 17 heavy (non-hydrogen) atoms. The highest BCUT2D eigenvalue weighted by Gasteiger charge is 2.23. The van der Waals surface area contributed by atoms with E-state index in [1.54, 1.807) is 6.07 Å². The summed E-state index contributed by atoms with van der Waals surface area (Å²) < 4.78 is 1.91. The van der Waals surface area contributed by atoms with Crippen LogP contribution >= 0.6 is 0 Å². The lowest BCUT2D eigenvalue weighted by Crippen LogP contribution is -2.29. The minimum absolute atomic E-state index is 0.194. The highest BCUT2D eigenvalue weighted by atomic mass is 16.3. The molecule has 0 unspecified atom stereocenters. The standard InChI is InChI=1S/C12H16N4O/c1-15-7-4-9(5-8-15)11-13-14-12-10(17)3-2-6-16(11)12/h2-3,6,9,17H,4-5,7-8H2,1H3. The molecule has 2 aromatic rings.